The van der Waals surface area contributed by atoms with E-state index in [1.54, 1.807) is 0 Å². The molecule has 1 heterocycles. The van der Waals surface area contributed by atoms with Crippen LogP contribution in [0.3, 0.4) is 0 Å². The van der Waals surface area contributed by atoms with E-state index in [-0.39, 0.29) is 0 Å². The molecule has 0 unspecified atom stereocenters. The Labute approximate surface area is 152 Å². The maximum atomic E-state index is 5.92. The van der Waals surface area contributed by atoms with Crippen molar-refractivity contribution in [2.45, 2.75) is 12.8 Å². The van der Waals surface area contributed by atoms with Gasteiger partial charge in [-0.05, 0) is 55.3 Å². The van der Waals surface area contributed by atoms with Crippen LogP contribution in [0.25, 0.3) is 23.1 Å². The van der Waals surface area contributed by atoms with Crippen molar-refractivity contribution < 1.29 is 0 Å². The number of nitrogens with two attached hydrogens (primary N) is 1. The number of fused-ring (bicyclic) bond motifs is 1. The van der Waals surface area contributed by atoms with E-state index in [0.29, 0.717) is 12.4 Å². The lowest BCUT2D eigenvalue weighted by Crippen LogP contribution is -2.08. The molecule has 0 aliphatic carbocycles. The Hall–Kier alpha value is -2.43. The van der Waals surface area contributed by atoms with Gasteiger partial charge in [-0.3, -0.25) is 0 Å². The second kappa shape index (κ2) is 8.60. The molecule has 0 aliphatic rings. The predicted molar refractivity (Wildman–Crippen MR) is 107 cm³/mol. The number of hydrogen-bond acceptors (Lipinski definition) is 4. The van der Waals surface area contributed by atoms with Gasteiger partial charge in [-0.15, -0.1) is 0 Å². The summed E-state index contributed by atoms with van der Waals surface area (Å²) < 4.78 is 0. The maximum Gasteiger partial charge on any atom is 0.154 e. The van der Waals surface area contributed by atoms with Gasteiger partial charge in [-0.25, -0.2) is 9.97 Å². The van der Waals surface area contributed by atoms with E-state index in [0.717, 1.165) is 46.7 Å². The van der Waals surface area contributed by atoms with Crippen LogP contribution in [0.15, 0.2) is 48.5 Å². The molecule has 0 radical (unpaired) electrons. The molecule has 0 saturated heterocycles. The molecule has 3 aromatic rings. The van der Waals surface area contributed by atoms with Gasteiger partial charge in [-0.1, -0.05) is 41.9 Å². The molecule has 2 aromatic carbocycles. The summed E-state index contributed by atoms with van der Waals surface area (Å²) in [6, 6.07) is 15.7. The van der Waals surface area contributed by atoms with Crippen LogP contribution < -0.4 is 11.1 Å². The Bertz CT molecular complexity index is 859. The van der Waals surface area contributed by atoms with Crippen molar-refractivity contribution in [1.82, 2.24) is 9.97 Å². The molecule has 5 heteroatoms. The Morgan fingerprint density at radius 3 is 2.56 bits per heavy atom. The third-order valence-electron chi connectivity index (χ3n) is 3.84. The number of benzene rings is 2. The van der Waals surface area contributed by atoms with Crippen LogP contribution in [-0.4, -0.2) is 23.1 Å². The van der Waals surface area contributed by atoms with Crippen molar-refractivity contribution in [2.75, 3.05) is 18.4 Å². The SMILES string of the molecule is NCCCCNc1nc(C=Cc2ccc(Cl)cc2)nc2ccccc12. The van der Waals surface area contributed by atoms with Gasteiger partial charge in [0.05, 0.1) is 5.52 Å². The Morgan fingerprint density at radius 2 is 1.76 bits per heavy atom. The summed E-state index contributed by atoms with van der Waals surface area (Å²) in [5.74, 6) is 1.54. The van der Waals surface area contributed by atoms with Crippen LogP contribution in [0.2, 0.25) is 5.02 Å². The molecule has 0 saturated carbocycles. The number of hydrogen-bond donors (Lipinski definition) is 2. The topological polar surface area (TPSA) is 63.8 Å². The van der Waals surface area contributed by atoms with Gasteiger partial charge in [0, 0.05) is 17.0 Å². The van der Waals surface area contributed by atoms with Gasteiger partial charge < -0.3 is 11.1 Å². The maximum absolute atomic E-state index is 5.92. The lowest BCUT2D eigenvalue weighted by Gasteiger charge is -2.09. The minimum atomic E-state index is 0.676. The quantitative estimate of drug-likeness (QED) is 0.610. The molecule has 0 atom stereocenters. The van der Waals surface area contributed by atoms with Gasteiger partial charge >= 0.3 is 0 Å². The van der Waals surface area contributed by atoms with Crippen LogP contribution in [-0.2, 0) is 0 Å². The first-order valence-corrected chi connectivity index (χ1v) is 8.78. The molecule has 0 amide bonds. The number of nitrogens with one attached hydrogen (secondary N) is 1. The molecular weight excluding hydrogens is 332 g/mol. The van der Waals surface area contributed by atoms with Gasteiger partial charge in [0.15, 0.2) is 5.82 Å². The van der Waals surface area contributed by atoms with Gasteiger partial charge in [0.25, 0.3) is 0 Å². The zero-order valence-electron chi connectivity index (χ0n) is 14.0. The smallest absolute Gasteiger partial charge is 0.154 e. The number of nitrogens with zero attached hydrogens (tertiary/aromatic N) is 2. The molecule has 4 nitrogen and oxygen atoms in total. The predicted octanol–water partition coefficient (Wildman–Crippen LogP) is 4.60. The second-order valence-corrected chi connectivity index (χ2v) is 6.19. The summed E-state index contributed by atoms with van der Waals surface area (Å²) in [5.41, 5.74) is 7.54. The average molecular weight is 353 g/mol. The van der Waals surface area contributed by atoms with E-state index >= 15 is 0 Å². The zero-order chi connectivity index (χ0) is 17.5. The minimum Gasteiger partial charge on any atom is -0.369 e. The summed E-state index contributed by atoms with van der Waals surface area (Å²) in [4.78, 5) is 9.29. The van der Waals surface area contributed by atoms with E-state index in [2.05, 4.69) is 15.3 Å². The van der Waals surface area contributed by atoms with E-state index < -0.39 is 0 Å². The van der Waals surface area contributed by atoms with Crippen LogP contribution in [0.4, 0.5) is 5.82 Å². The standard InChI is InChI=1S/C20H21ClN4/c21-16-10-7-15(8-11-16)9-12-19-24-18-6-2-1-5-17(18)20(25-19)23-14-4-3-13-22/h1-2,5-12H,3-4,13-14,22H2,(H,23,24,25). The number of aromatic nitrogens is 2. The molecule has 0 spiro atoms. The first kappa shape index (κ1) is 17.4. The summed E-state index contributed by atoms with van der Waals surface area (Å²) in [7, 11) is 0. The Kier molecular flexibility index (Phi) is 5.99. The first-order valence-electron chi connectivity index (χ1n) is 8.40. The number of unbranched alkanes of at least 4 members (excludes halogenated alkanes) is 1. The number of halogens is 1. The molecule has 0 aliphatic heterocycles. The number of anilines is 1. The summed E-state index contributed by atoms with van der Waals surface area (Å²) >= 11 is 5.92. The molecular formula is C20H21ClN4. The van der Waals surface area contributed by atoms with Crippen molar-refractivity contribution in [3.63, 3.8) is 0 Å². The highest BCUT2D eigenvalue weighted by molar-refractivity contribution is 6.30. The molecule has 25 heavy (non-hydrogen) atoms. The fourth-order valence-electron chi connectivity index (χ4n) is 2.52. The summed E-state index contributed by atoms with van der Waals surface area (Å²) in [6.07, 6.45) is 5.92. The normalized spacial score (nSPS) is 11.3. The van der Waals surface area contributed by atoms with Crippen LogP contribution >= 0.6 is 11.6 Å². The fraction of sp³-hybridized carbons (Fsp3) is 0.200. The molecule has 128 valence electrons. The second-order valence-electron chi connectivity index (χ2n) is 5.76. The third-order valence-corrected chi connectivity index (χ3v) is 4.09. The first-order chi connectivity index (χ1) is 12.3. The van der Waals surface area contributed by atoms with Crippen molar-refractivity contribution in [2.24, 2.45) is 5.73 Å². The van der Waals surface area contributed by atoms with E-state index in [4.69, 9.17) is 17.3 Å². The highest BCUT2D eigenvalue weighted by atomic mass is 35.5. The van der Waals surface area contributed by atoms with Crippen molar-refractivity contribution in [1.29, 1.82) is 0 Å². The Morgan fingerprint density at radius 1 is 0.960 bits per heavy atom. The largest absolute Gasteiger partial charge is 0.369 e. The summed E-state index contributed by atoms with van der Waals surface area (Å²) in [5, 5.41) is 5.16. The highest BCUT2D eigenvalue weighted by Gasteiger charge is 2.05. The highest BCUT2D eigenvalue weighted by Crippen LogP contribution is 2.21. The molecule has 0 fully saturated rings. The van der Waals surface area contributed by atoms with Crippen molar-refractivity contribution in [3.8, 4) is 0 Å². The third kappa shape index (κ3) is 4.78. The van der Waals surface area contributed by atoms with E-state index in [1.807, 2.05) is 60.7 Å². The van der Waals surface area contributed by atoms with Crippen LogP contribution in [0.1, 0.15) is 24.2 Å². The molecule has 0 bridgehead atoms. The monoisotopic (exact) mass is 352 g/mol. The van der Waals surface area contributed by atoms with E-state index in [9.17, 15) is 0 Å². The molecule has 3 N–H and O–H groups in total. The fourth-order valence-corrected chi connectivity index (χ4v) is 2.65. The van der Waals surface area contributed by atoms with E-state index in [1.165, 1.54) is 0 Å². The van der Waals surface area contributed by atoms with Gasteiger partial charge in [0.2, 0.25) is 0 Å². The van der Waals surface area contributed by atoms with Crippen molar-refractivity contribution >= 4 is 40.5 Å². The van der Waals surface area contributed by atoms with Gasteiger partial charge in [0.1, 0.15) is 5.82 Å². The summed E-state index contributed by atoms with van der Waals surface area (Å²) in [6.45, 7) is 1.56. The average Bonchev–Trinajstić information content (AvgIpc) is 2.64. The zero-order valence-corrected chi connectivity index (χ0v) is 14.7. The van der Waals surface area contributed by atoms with Gasteiger partial charge in [-0.2, -0.15) is 0 Å². The molecule has 1 aromatic heterocycles. The number of rotatable bonds is 7. The Balaban J connectivity index is 1.86. The van der Waals surface area contributed by atoms with Crippen LogP contribution in [0, 0.1) is 0 Å². The number of para-hydroxylation sites is 1. The van der Waals surface area contributed by atoms with Crippen LogP contribution in [0.5, 0.6) is 0 Å². The molecule has 3 rings (SSSR count). The lowest BCUT2D eigenvalue weighted by atomic mass is 10.2. The lowest BCUT2D eigenvalue weighted by molar-refractivity contribution is 0.772. The van der Waals surface area contributed by atoms with Crippen molar-refractivity contribution in [3.05, 3.63) is 64.9 Å². The minimum absolute atomic E-state index is 0.676.